The number of thioether (sulfide) groups is 1. The van der Waals surface area contributed by atoms with Gasteiger partial charge in [-0.05, 0) is 48.0 Å². The first-order chi connectivity index (χ1) is 14.4. The van der Waals surface area contributed by atoms with Gasteiger partial charge in [-0.1, -0.05) is 11.8 Å². The van der Waals surface area contributed by atoms with E-state index in [1.807, 2.05) is 0 Å². The molecule has 1 heterocycles. The third-order valence-corrected chi connectivity index (χ3v) is 5.28. The van der Waals surface area contributed by atoms with Gasteiger partial charge in [0.1, 0.15) is 5.75 Å². The molecule has 0 radical (unpaired) electrons. The number of nitrogens with zero attached hydrogens (tertiary/aromatic N) is 3. The zero-order chi connectivity index (χ0) is 21.7. The number of amidine groups is 1. The van der Waals surface area contributed by atoms with Gasteiger partial charge < -0.3 is 24.5 Å². The van der Waals surface area contributed by atoms with E-state index >= 15 is 0 Å². The van der Waals surface area contributed by atoms with Crippen LogP contribution in [0.4, 0.5) is 5.69 Å². The standard InChI is InChI=1S/C20H19N3O6S/c1-28-15-8-3-12(9-16(15)29-2)11-21-22-20-23(13-4-6-14(24)7-5-13)19(27)17(30-20)10-18(25)26/h3-9,11,17,24H,10H2,1-2H3,(H,25,26)/p-1/b21-11-,22-20+/t17-/m0/s1. The Labute approximate surface area is 176 Å². The fourth-order valence-corrected chi connectivity index (χ4v) is 3.81. The summed E-state index contributed by atoms with van der Waals surface area (Å²) in [5.74, 6) is -0.647. The number of aromatic hydroxyl groups is 1. The number of carbonyl (C=O) groups excluding carboxylic acids is 2. The number of rotatable bonds is 7. The number of methoxy groups -OCH3 is 2. The van der Waals surface area contributed by atoms with Crippen molar-refractivity contribution in [1.29, 1.82) is 0 Å². The minimum atomic E-state index is -1.33. The molecule has 0 spiro atoms. The molecule has 2 aromatic carbocycles. The number of carboxylic acid groups (broad SMARTS) is 1. The van der Waals surface area contributed by atoms with Crippen molar-refractivity contribution in [2.24, 2.45) is 10.2 Å². The van der Waals surface area contributed by atoms with Gasteiger partial charge in [-0.15, -0.1) is 5.10 Å². The van der Waals surface area contributed by atoms with Gasteiger partial charge in [0.05, 0.1) is 31.4 Å². The predicted octanol–water partition coefficient (Wildman–Crippen LogP) is 1.39. The van der Waals surface area contributed by atoms with E-state index in [4.69, 9.17) is 9.47 Å². The number of phenolic OH excluding ortho intramolecular Hbond substituents is 1. The predicted molar refractivity (Wildman–Crippen MR) is 111 cm³/mol. The highest BCUT2D eigenvalue weighted by atomic mass is 32.2. The number of carbonyl (C=O) groups is 2. The number of anilines is 1. The zero-order valence-corrected chi connectivity index (χ0v) is 17.0. The highest BCUT2D eigenvalue weighted by Crippen LogP contribution is 2.34. The number of amides is 1. The molecule has 3 rings (SSSR count). The Morgan fingerprint density at radius 2 is 1.90 bits per heavy atom. The average molecular weight is 428 g/mol. The molecule has 1 saturated heterocycles. The zero-order valence-electron chi connectivity index (χ0n) is 16.1. The van der Waals surface area contributed by atoms with Crippen molar-refractivity contribution >= 4 is 40.7 Å². The van der Waals surface area contributed by atoms with Crippen molar-refractivity contribution in [3.63, 3.8) is 0 Å². The number of hydrogen-bond acceptors (Lipinski definition) is 9. The van der Waals surface area contributed by atoms with Gasteiger partial charge in [-0.3, -0.25) is 9.69 Å². The lowest BCUT2D eigenvalue weighted by Crippen LogP contribution is -2.35. The number of phenols is 1. The van der Waals surface area contributed by atoms with Gasteiger partial charge >= 0.3 is 0 Å². The van der Waals surface area contributed by atoms with Crippen LogP contribution in [0.5, 0.6) is 17.2 Å². The summed E-state index contributed by atoms with van der Waals surface area (Å²) in [6.45, 7) is 0. The van der Waals surface area contributed by atoms with E-state index in [-0.39, 0.29) is 10.9 Å². The summed E-state index contributed by atoms with van der Waals surface area (Å²) < 4.78 is 10.4. The van der Waals surface area contributed by atoms with Crippen molar-refractivity contribution in [3.05, 3.63) is 48.0 Å². The van der Waals surface area contributed by atoms with E-state index in [0.717, 1.165) is 11.8 Å². The lowest BCUT2D eigenvalue weighted by Gasteiger charge is -2.16. The maximum Gasteiger partial charge on any atom is 0.247 e. The molecule has 0 aromatic heterocycles. The minimum Gasteiger partial charge on any atom is -0.550 e. The summed E-state index contributed by atoms with van der Waals surface area (Å²) in [6.07, 6.45) is 1.03. The van der Waals surface area contributed by atoms with Gasteiger partial charge in [0.2, 0.25) is 5.91 Å². The summed E-state index contributed by atoms with van der Waals surface area (Å²) in [6, 6.07) is 11.1. The SMILES string of the molecule is COc1ccc(/C=N\N=C2\S[C@@H](CC(=O)[O-])C(=O)N2c2ccc(O)cc2)cc1OC. The van der Waals surface area contributed by atoms with Gasteiger partial charge in [0, 0.05) is 12.4 Å². The molecule has 1 fully saturated rings. The summed E-state index contributed by atoms with van der Waals surface area (Å²) in [5, 5.41) is 28.0. The normalized spacial score (nSPS) is 17.7. The molecule has 30 heavy (non-hydrogen) atoms. The second kappa shape index (κ2) is 9.31. The fourth-order valence-electron chi connectivity index (χ4n) is 2.73. The van der Waals surface area contributed by atoms with E-state index in [2.05, 4.69) is 10.2 Å². The lowest BCUT2D eigenvalue weighted by molar-refractivity contribution is -0.305. The Morgan fingerprint density at radius 3 is 2.53 bits per heavy atom. The maximum absolute atomic E-state index is 12.7. The van der Waals surface area contributed by atoms with Crippen LogP contribution in [0.25, 0.3) is 0 Å². The number of hydrogen-bond donors (Lipinski definition) is 1. The van der Waals surface area contributed by atoms with Crippen LogP contribution in [0, 0.1) is 0 Å². The van der Waals surface area contributed by atoms with Crippen LogP contribution < -0.4 is 19.5 Å². The quantitative estimate of drug-likeness (QED) is 0.522. The van der Waals surface area contributed by atoms with Crippen LogP contribution in [-0.2, 0) is 9.59 Å². The molecule has 1 N–H and O–H groups in total. The summed E-state index contributed by atoms with van der Waals surface area (Å²) >= 11 is 0.988. The summed E-state index contributed by atoms with van der Waals surface area (Å²) in [4.78, 5) is 25.0. The first kappa shape index (κ1) is 21.2. The third-order valence-electron chi connectivity index (χ3n) is 4.15. The minimum absolute atomic E-state index is 0.0364. The molecule has 9 nitrogen and oxygen atoms in total. The van der Waals surface area contributed by atoms with Crippen LogP contribution in [0.15, 0.2) is 52.7 Å². The first-order valence-corrected chi connectivity index (χ1v) is 9.63. The van der Waals surface area contributed by atoms with Crippen LogP contribution in [0.1, 0.15) is 12.0 Å². The second-order valence-electron chi connectivity index (χ2n) is 6.11. The summed E-state index contributed by atoms with van der Waals surface area (Å²) in [7, 11) is 3.06. The highest BCUT2D eigenvalue weighted by Gasteiger charge is 2.39. The second-order valence-corrected chi connectivity index (χ2v) is 7.28. The van der Waals surface area contributed by atoms with Crippen molar-refractivity contribution in [2.75, 3.05) is 19.1 Å². The molecule has 0 bridgehead atoms. The Morgan fingerprint density at radius 1 is 1.20 bits per heavy atom. The number of aliphatic carboxylic acids is 1. The van der Waals surface area contributed by atoms with Crippen LogP contribution >= 0.6 is 11.8 Å². The number of benzene rings is 2. The van der Waals surface area contributed by atoms with Crippen LogP contribution in [-0.4, -0.2) is 47.8 Å². The van der Waals surface area contributed by atoms with E-state index < -0.39 is 23.5 Å². The van der Waals surface area contributed by atoms with E-state index in [9.17, 15) is 19.8 Å². The fraction of sp³-hybridized carbons (Fsp3) is 0.200. The molecule has 0 aliphatic carbocycles. The van der Waals surface area contributed by atoms with Crippen LogP contribution in [0.3, 0.4) is 0 Å². The first-order valence-electron chi connectivity index (χ1n) is 8.75. The van der Waals surface area contributed by atoms with E-state index in [0.29, 0.717) is 22.7 Å². The molecule has 156 valence electrons. The number of carboxylic acids is 1. The molecule has 1 aliphatic heterocycles. The smallest absolute Gasteiger partial charge is 0.247 e. The molecule has 1 amide bonds. The van der Waals surface area contributed by atoms with Gasteiger partial charge in [-0.2, -0.15) is 5.10 Å². The third kappa shape index (κ3) is 4.71. The van der Waals surface area contributed by atoms with Crippen LogP contribution in [0.2, 0.25) is 0 Å². The lowest BCUT2D eigenvalue weighted by atomic mass is 10.2. The Hall–Kier alpha value is -3.53. The van der Waals surface area contributed by atoms with Gasteiger partial charge in [-0.25, -0.2) is 0 Å². The van der Waals surface area contributed by atoms with Crippen molar-refractivity contribution in [2.45, 2.75) is 11.7 Å². The molecular weight excluding hydrogens is 410 g/mol. The van der Waals surface area contributed by atoms with E-state index in [1.165, 1.54) is 49.6 Å². The monoisotopic (exact) mass is 428 g/mol. The molecule has 1 atom stereocenters. The maximum atomic E-state index is 12.7. The highest BCUT2D eigenvalue weighted by molar-refractivity contribution is 8.16. The Bertz CT molecular complexity index is 1010. The van der Waals surface area contributed by atoms with Crippen molar-refractivity contribution in [3.8, 4) is 17.2 Å². The van der Waals surface area contributed by atoms with E-state index in [1.54, 1.807) is 18.2 Å². The molecule has 2 aromatic rings. The molecule has 10 heteroatoms. The topological polar surface area (TPSA) is 124 Å². The molecular formula is C20H18N3O6S-. The molecule has 0 saturated carbocycles. The van der Waals surface area contributed by atoms with Crippen molar-refractivity contribution < 1.29 is 29.3 Å². The largest absolute Gasteiger partial charge is 0.550 e. The average Bonchev–Trinajstić information content (AvgIpc) is 3.03. The Balaban J connectivity index is 1.89. The molecule has 0 unspecified atom stereocenters. The van der Waals surface area contributed by atoms with Gasteiger partial charge in [0.25, 0.3) is 0 Å². The van der Waals surface area contributed by atoms with Gasteiger partial charge in [0.15, 0.2) is 16.7 Å². The summed E-state index contributed by atoms with van der Waals surface area (Å²) in [5.41, 5.74) is 1.13. The Kier molecular flexibility index (Phi) is 6.58. The number of ether oxygens (including phenoxy) is 2. The van der Waals surface area contributed by atoms with Crippen molar-refractivity contribution in [1.82, 2.24) is 0 Å². The molecule has 1 aliphatic rings.